The lowest BCUT2D eigenvalue weighted by molar-refractivity contribution is 0.580. The molecule has 2 heterocycles. The highest BCUT2D eigenvalue weighted by Crippen LogP contribution is 2.10. The second-order valence-corrected chi connectivity index (χ2v) is 5.29. The zero-order chi connectivity index (χ0) is 15.2. The van der Waals surface area contributed by atoms with Gasteiger partial charge >= 0.3 is 0 Å². The average Bonchev–Trinajstić information content (AvgIpc) is 2.58. The zero-order valence-corrected chi connectivity index (χ0v) is 12.4. The standard InChI is InChI=1S/C17H19FN4/c18-16-6-4-14(5-7-16)2-1-3-15-12-20-17(21-13-15)22-10-8-19-9-11-22/h1,3-7,12-13,19H,2,8-11H2/b3-1+. The summed E-state index contributed by atoms with van der Waals surface area (Å²) in [6.07, 6.45) is 8.47. The molecule has 5 heteroatoms. The Kier molecular flexibility index (Phi) is 4.75. The first-order chi connectivity index (χ1) is 10.8. The summed E-state index contributed by atoms with van der Waals surface area (Å²) < 4.78 is 12.8. The van der Waals surface area contributed by atoms with Gasteiger partial charge in [-0.05, 0) is 24.1 Å². The number of piperazine rings is 1. The Labute approximate surface area is 129 Å². The van der Waals surface area contributed by atoms with Gasteiger partial charge in [0.2, 0.25) is 5.95 Å². The van der Waals surface area contributed by atoms with Gasteiger partial charge < -0.3 is 10.2 Å². The number of halogens is 1. The molecule has 22 heavy (non-hydrogen) atoms. The summed E-state index contributed by atoms with van der Waals surface area (Å²) in [5.41, 5.74) is 2.05. The van der Waals surface area contributed by atoms with Crippen LogP contribution in [0.4, 0.5) is 10.3 Å². The van der Waals surface area contributed by atoms with Crippen molar-refractivity contribution in [2.24, 2.45) is 0 Å². The Bertz CT molecular complexity index is 616. The Morgan fingerprint density at radius 1 is 1.09 bits per heavy atom. The van der Waals surface area contributed by atoms with E-state index in [1.807, 2.05) is 24.5 Å². The van der Waals surface area contributed by atoms with Gasteiger partial charge in [-0.3, -0.25) is 0 Å². The highest BCUT2D eigenvalue weighted by atomic mass is 19.1. The fraction of sp³-hybridized carbons (Fsp3) is 0.294. The van der Waals surface area contributed by atoms with E-state index in [1.54, 1.807) is 12.1 Å². The lowest BCUT2D eigenvalue weighted by Gasteiger charge is -2.27. The lowest BCUT2D eigenvalue weighted by atomic mass is 10.1. The second kappa shape index (κ2) is 7.13. The Hall–Kier alpha value is -2.27. The SMILES string of the molecule is Fc1ccc(C/C=C/c2cnc(N3CCNCC3)nc2)cc1. The molecule has 0 spiro atoms. The first-order valence-electron chi connectivity index (χ1n) is 7.50. The van der Waals surface area contributed by atoms with E-state index >= 15 is 0 Å². The molecule has 0 atom stereocenters. The van der Waals surface area contributed by atoms with Crippen LogP contribution in [-0.4, -0.2) is 36.1 Å². The van der Waals surface area contributed by atoms with E-state index in [9.17, 15) is 4.39 Å². The van der Waals surface area contributed by atoms with E-state index < -0.39 is 0 Å². The number of hydrogen-bond donors (Lipinski definition) is 1. The molecule has 1 fully saturated rings. The van der Waals surface area contributed by atoms with Crippen LogP contribution in [0.15, 0.2) is 42.7 Å². The number of aromatic nitrogens is 2. The maximum absolute atomic E-state index is 12.8. The van der Waals surface area contributed by atoms with Crippen LogP contribution in [0.25, 0.3) is 6.08 Å². The van der Waals surface area contributed by atoms with Crippen LogP contribution in [0, 0.1) is 5.82 Å². The van der Waals surface area contributed by atoms with Gasteiger partial charge in [0.1, 0.15) is 5.82 Å². The third kappa shape index (κ3) is 3.89. The monoisotopic (exact) mass is 298 g/mol. The minimum Gasteiger partial charge on any atom is -0.338 e. The van der Waals surface area contributed by atoms with Gasteiger partial charge in [0.05, 0.1) is 0 Å². The first-order valence-corrected chi connectivity index (χ1v) is 7.50. The summed E-state index contributed by atoms with van der Waals surface area (Å²) in [4.78, 5) is 11.0. The predicted octanol–water partition coefficient (Wildman–Crippen LogP) is 2.28. The third-order valence-electron chi connectivity index (χ3n) is 3.64. The molecule has 1 saturated heterocycles. The van der Waals surface area contributed by atoms with E-state index in [2.05, 4.69) is 20.2 Å². The van der Waals surface area contributed by atoms with Crippen LogP contribution in [0.5, 0.6) is 0 Å². The van der Waals surface area contributed by atoms with E-state index in [4.69, 9.17) is 0 Å². The van der Waals surface area contributed by atoms with Gasteiger partial charge in [-0.15, -0.1) is 0 Å². The minimum absolute atomic E-state index is 0.204. The largest absolute Gasteiger partial charge is 0.338 e. The van der Waals surface area contributed by atoms with Gasteiger partial charge in [0.15, 0.2) is 0 Å². The molecule has 1 aliphatic rings. The topological polar surface area (TPSA) is 41.1 Å². The second-order valence-electron chi connectivity index (χ2n) is 5.29. The molecule has 3 rings (SSSR count). The van der Waals surface area contributed by atoms with Crippen LogP contribution < -0.4 is 10.2 Å². The van der Waals surface area contributed by atoms with E-state index in [0.29, 0.717) is 0 Å². The maximum Gasteiger partial charge on any atom is 0.225 e. The number of benzene rings is 1. The fourth-order valence-corrected chi connectivity index (χ4v) is 2.40. The number of allylic oxidation sites excluding steroid dienone is 1. The number of rotatable bonds is 4. The van der Waals surface area contributed by atoms with Crippen LogP contribution in [0.2, 0.25) is 0 Å². The molecule has 1 aromatic carbocycles. The number of nitrogens with zero attached hydrogens (tertiary/aromatic N) is 3. The van der Waals surface area contributed by atoms with E-state index in [-0.39, 0.29) is 5.82 Å². The van der Waals surface area contributed by atoms with Gasteiger partial charge in [-0.25, -0.2) is 14.4 Å². The number of hydrogen-bond acceptors (Lipinski definition) is 4. The summed E-state index contributed by atoms with van der Waals surface area (Å²) >= 11 is 0. The molecule has 114 valence electrons. The number of anilines is 1. The van der Waals surface area contributed by atoms with E-state index in [0.717, 1.165) is 49.7 Å². The van der Waals surface area contributed by atoms with Crippen molar-refractivity contribution >= 4 is 12.0 Å². The molecule has 1 N–H and O–H groups in total. The summed E-state index contributed by atoms with van der Waals surface area (Å²) in [6, 6.07) is 6.55. The van der Waals surface area contributed by atoms with Crippen molar-refractivity contribution in [1.82, 2.24) is 15.3 Å². The summed E-state index contributed by atoms with van der Waals surface area (Å²) in [5, 5.41) is 3.31. The molecule has 0 amide bonds. The van der Waals surface area contributed by atoms with Gasteiger partial charge in [-0.2, -0.15) is 0 Å². The Balaban J connectivity index is 1.58. The van der Waals surface area contributed by atoms with Crippen molar-refractivity contribution < 1.29 is 4.39 Å². The lowest BCUT2D eigenvalue weighted by Crippen LogP contribution is -2.44. The molecular weight excluding hydrogens is 279 g/mol. The Morgan fingerprint density at radius 2 is 1.77 bits per heavy atom. The number of nitrogens with one attached hydrogen (secondary N) is 1. The highest BCUT2D eigenvalue weighted by molar-refractivity contribution is 5.48. The van der Waals surface area contributed by atoms with Crippen LogP contribution in [0.3, 0.4) is 0 Å². The van der Waals surface area contributed by atoms with Crippen LogP contribution >= 0.6 is 0 Å². The molecule has 0 unspecified atom stereocenters. The van der Waals surface area contributed by atoms with Crippen molar-refractivity contribution in [3.05, 3.63) is 59.7 Å². The van der Waals surface area contributed by atoms with Crippen molar-refractivity contribution in [1.29, 1.82) is 0 Å². The molecule has 0 bridgehead atoms. The van der Waals surface area contributed by atoms with E-state index in [1.165, 1.54) is 12.1 Å². The third-order valence-corrected chi connectivity index (χ3v) is 3.64. The van der Waals surface area contributed by atoms with Crippen LogP contribution in [-0.2, 0) is 6.42 Å². The average molecular weight is 298 g/mol. The van der Waals surface area contributed by atoms with Crippen molar-refractivity contribution in [2.75, 3.05) is 31.1 Å². The fourth-order valence-electron chi connectivity index (χ4n) is 2.40. The Morgan fingerprint density at radius 3 is 2.45 bits per heavy atom. The quantitative estimate of drug-likeness (QED) is 0.940. The maximum atomic E-state index is 12.8. The normalized spacial score (nSPS) is 15.4. The molecular formula is C17H19FN4. The molecule has 0 radical (unpaired) electrons. The molecule has 4 nitrogen and oxygen atoms in total. The van der Waals surface area contributed by atoms with Crippen molar-refractivity contribution in [3.8, 4) is 0 Å². The van der Waals surface area contributed by atoms with Crippen molar-refractivity contribution in [2.45, 2.75) is 6.42 Å². The first kappa shape index (κ1) is 14.7. The zero-order valence-electron chi connectivity index (χ0n) is 12.4. The van der Waals surface area contributed by atoms with Gasteiger partial charge in [0.25, 0.3) is 0 Å². The minimum atomic E-state index is -0.204. The van der Waals surface area contributed by atoms with Gasteiger partial charge in [-0.1, -0.05) is 24.3 Å². The smallest absolute Gasteiger partial charge is 0.225 e. The molecule has 1 aliphatic heterocycles. The molecule has 2 aromatic rings. The summed E-state index contributed by atoms with van der Waals surface area (Å²) in [7, 11) is 0. The van der Waals surface area contributed by atoms with Crippen LogP contribution in [0.1, 0.15) is 11.1 Å². The molecule has 0 saturated carbocycles. The molecule has 0 aliphatic carbocycles. The van der Waals surface area contributed by atoms with Crippen molar-refractivity contribution in [3.63, 3.8) is 0 Å². The highest BCUT2D eigenvalue weighted by Gasteiger charge is 2.11. The summed E-state index contributed by atoms with van der Waals surface area (Å²) in [6.45, 7) is 3.84. The summed E-state index contributed by atoms with van der Waals surface area (Å²) in [5.74, 6) is 0.585. The predicted molar refractivity (Wildman–Crippen MR) is 86.3 cm³/mol. The van der Waals surface area contributed by atoms with Gasteiger partial charge in [0, 0.05) is 44.1 Å². The molecule has 1 aromatic heterocycles.